The first kappa shape index (κ1) is 13.3. The minimum absolute atomic E-state index is 0.0293. The molecule has 1 aromatic heterocycles. The average molecular weight is 281 g/mol. The number of pyridine rings is 1. The minimum atomic E-state index is -0.0807. The van der Waals surface area contributed by atoms with Gasteiger partial charge < -0.3 is 10.2 Å². The lowest BCUT2D eigenvalue weighted by Gasteiger charge is -2.17. The number of anilines is 1. The van der Waals surface area contributed by atoms with Crippen LogP contribution in [0.15, 0.2) is 42.7 Å². The largest absolute Gasteiger partial charge is 0.337 e. The molecule has 0 bridgehead atoms. The van der Waals surface area contributed by atoms with Gasteiger partial charge in [-0.25, -0.2) is 0 Å². The first-order valence-corrected chi connectivity index (χ1v) is 6.70. The first-order valence-electron chi connectivity index (χ1n) is 6.70. The van der Waals surface area contributed by atoms with Crippen molar-refractivity contribution in [2.75, 3.05) is 12.4 Å². The molecule has 0 unspecified atom stereocenters. The Kier molecular flexibility index (Phi) is 3.39. The van der Waals surface area contributed by atoms with Gasteiger partial charge in [0.1, 0.15) is 0 Å². The Morgan fingerprint density at radius 2 is 2.24 bits per heavy atom. The summed E-state index contributed by atoms with van der Waals surface area (Å²) >= 11 is 0. The predicted octanol–water partition coefficient (Wildman–Crippen LogP) is 1.85. The van der Waals surface area contributed by atoms with E-state index in [1.807, 2.05) is 18.2 Å². The van der Waals surface area contributed by atoms with Gasteiger partial charge in [-0.3, -0.25) is 14.6 Å². The number of hydrogen-bond acceptors (Lipinski definition) is 3. The summed E-state index contributed by atoms with van der Waals surface area (Å²) < 4.78 is 0. The molecule has 5 nitrogen and oxygen atoms in total. The van der Waals surface area contributed by atoms with Gasteiger partial charge in [0.05, 0.1) is 6.42 Å². The molecule has 0 saturated heterocycles. The number of aromatic nitrogens is 1. The van der Waals surface area contributed by atoms with Crippen molar-refractivity contribution in [1.82, 2.24) is 9.88 Å². The van der Waals surface area contributed by atoms with Crippen molar-refractivity contribution in [2.45, 2.75) is 13.0 Å². The normalized spacial score (nSPS) is 12.7. The SMILES string of the molecule is CN(Cc1cccnc1)C(=O)c1ccc2c(c1)NC(=O)C2. The van der Waals surface area contributed by atoms with Crippen molar-refractivity contribution in [3.05, 3.63) is 59.4 Å². The molecule has 0 radical (unpaired) electrons. The molecule has 1 aliphatic heterocycles. The summed E-state index contributed by atoms with van der Waals surface area (Å²) in [5.41, 5.74) is 3.22. The molecule has 0 saturated carbocycles. The van der Waals surface area contributed by atoms with E-state index < -0.39 is 0 Å². The highest BCUT2D eigenvalue weighted by atomic mass is 16.2. The maximum Gasteiger partial charge on any atom is 0.253 e. The van der Waals surface area contributed by atoms with Crippen molar-refractivity contribution < 1.29 is 9.59 Å². The van der Waals surface area contributed by atoms with E-state index in [4.69, 9.17) is 0 Å². The van der Waals surface area contributed by atoms with E-state index in [0.29, 0.717) is 18.5 Å². The van der Waals surface area contributed by atoms with Gasteiger partial charge in [0.2, 0.25) is 5.91 Å². The van der Waals surface area contributed by atoms with Crippen molar-refractivity contribution in [1.29, 1.82) is 0 Å². The summed E-state index contributed by atoms with van der Waals surface area (Å²) in [7, 11) is 1.75. The summed E-state index contributed by atoms with van der Waals surface area (Å²) in [6.07, 6.45) is 3.83. The van der Waals surface area contributed by atoms with Crippen LogP contribution in [0.3, 0.4) is 0 Å². The molecule has 21 heavy (non-hydrogen) atoms. The van der Waals surface area contributed by atoms with Crippen LogP contribution in [0.5, 0.6) is 0 Å². The van der Waals surface area contributed by atoms with Gasteiger partial charge in [-0.15, -0.1) is 0 Å². The lowest BCUT2D eigenvalue weighted by Crippen LogP contribution is -2.26. The van der Waals surface area contributed by atoms with Crippen LogP contribution in [0.2, 0.25) is 0 Å². The van der Waals surface area contributed by atoms with Crippen LogP contribution in [-0.2, 0) is 17.8 Å². The lowest BCUT2D eigenvalue weighted by atomic mass is 10.1. The molecular weight excluding hydrogens is 266 g/mol. The van der Waals surface area contributed by atoms with E-state index in [2.05, 4.69) is 10.3 Å². The quantitative estimate of drug-likeness (QED) is 0.934. The number of hydrogen-bond donors (Lipinski definition) is 1. The average Bonchev–Trinajstić information content (AvgIpc) is 2.86. The van der Waals surface area contributed by atoms with Crippen LogP contribution in [0, 0.1) is 0 Å². The van der Waals surface area contributed by atoms with E-state index in [1.54, 1.807) is 36.5 Å². The number of amides is 2. The summed E-state index contributed by atoms with van der Waals surface area (Å²) in [5.74, 6) is -0.110. The smallest absolute Gasteiger partial charge is 0.253 e. The van der Waals surface area contributed by atoms with Crippen molar-refractivity contribution in [3.8, 4) is 0 Å². The lowest BCUT2D eigenvalue weighted by molar-refractivity contribution is -0.115. The molecule has 5 heteroatoms. The Hall–Kier alpha value is -2.69. The third kappa shape index (κ3) is 2.76. The zero-order chi connectivity index (χ0) is 14.8. The van der Waals surface area contributed by atoms with Crippen LogP contribution in [0.1, 0.15) is 21.5 Å². The maximum atomic E-state index is 12.4. The molecule has 3 rings (SSSR count). The van der Waals surface area contributed by atoms with E-state index in [-0.39, 0.29) is 11.8 Å². The Labute approximate surface area is 122 Å². The van der Waals surface area contributed by atoms with Gasteiger partial charge in [-0.2, -0.15) is 0 Å². The number of benzene rings is 1. The summed E-state index contributed by atoms with van der Waals surface area (Å²) in [4.78, 5) is 29.4. The fraction of sp³-hybridized carbons (Fsp3) is 0.188. The number of rotatable bonds is 3. The Bertz CT molecular complexity index is 698. The zero-order valence-electron chi connectivity index (χ0n) is 11.7. The summed E-state index contributed by atoms with van der Waals surface area (Å²) in [5, 5.41) is 2.76. The highest BCUT2D eigenvalue weighted by Crippen LogP contribution is 2.24. The molecule has 106 valence electrons. The van der Waals surface area contributed by atoms with Crippen LogP contribution in [-0.4, -0.2) is 28.7 Å². The van der Waals surface area contributed by atoms with Crippen molar-refractivity contribution >= 4 is 17.5 Å². The molecule has 2 heterocycles. The molecular formula is C16H15N3O2. The molecule has 2 amide bonds. The summed E-state index contributed by atoms with van der Waals surface area (Å²) in [6.45, 7) is 0.496. The molecule has 0 fully saturated rings. The topological polar surface area (TPSA) is 62.3 Å². The van der Waals surface area contributed by atoms with E-state index in [1.165, 1.54) is 0 Å². The number of nitrogens with one attached hydrogen (secondary N) is 1. The Morgan fingerprint density at radius 3 is 3.00 bits per heavy atom. The Balaban J connectivity index is 1.76. The second kappa shape index (κ2) is 5.36. The second-order valence-electron chi connectivity index (χ2n) is 5.12. The van der Waals surface area contributed by atoms with Gasteiger partial charge in [0, 0.05) is 37.2 Å². The number of carbonyl (C=O) groups is 2. The predicted molar refractivity (Wildman–Crippen MR) is 78.8 cm³/mol. The van der Waals surface area contributed by atoms with Gasteiger partial charge >= 0.3 is 0 Å². The monoisotopic (exact) mass is 281 g/mol. The molecule has 1 N–H and O–H groups in total. The number of carbonyl (C=O) groups excluding carboxylic acids is 2. The molecule has 1 aromatic carbocycles. The molecule has 1 aliphatic rings. The maximum absolute atomic E-state index is 12.4. The van der Waals surface area contributed by atoms with E-state index in [0.717, 1.165) is 16.8 Å². The first-order chi connectivity index (χ1) is 10.1. The minimum Gasteiger partial charge on any atom is -0.337 e. The molecule has 2 aromatic rings. The third-order valence-electron chi connectivity index (χ3n) is 3.47. The molecule has 0 aliphatic carbocycles. The van der Waals surface area contributed by atoms with E-state index >= 15 is 0 Å². The van der Waals surface area contributed by atoms with Gasteiger partial charge in [-0.1, -0.05) is 12.1 Å². The highest BCUT2D eigenvalue weighted by Gasteiger charge is 2.20. The van der Waals surface area contributed by atoms with E-state index in [9.17, 15) is 9.59 Å². The molecule has 0 atom stereocenters. The highest BCUT2D eigenvalue weighted by molar-refractivity contribution is 6.02. The third-order valence-corrected chi connectivity index (χ3v) is 3.47. The van der Waals surface area contributed by atoms with Crippen LogP contribution >= 0.6 is 0 Å². The standard InChI is InChI=1S/C16H15N3O2/c1-19(10-11-3-2-6-17-9-11)16(21)13-5-4-12-8-15(20)18-14(12)7-13/h2-7,9H,8,10H2,1H3,(H,18,20). The fourth-order valence-electron chi connectivity index (χ4n) is 2.41. The number of nitrogens with zero attached hydrogens (tertiary/aromatic N) is 2. The van der Waals surface area contributed by atoms with Crippen LogP contribution in [0.25, 0.3) is 0 Å². The number of fused-ring (bicyclic) bond motifs is 1. The van der Waals surface area contributed by atoms with Gasteiger partial charge in [-0.05, 0) is 29.3 Å². The van der Waals surface area contributed by atoms with Gasteiger partial charge in [0.25, 0.3) is 5.91 Å². The van der Waals surface area contributed by atoms with Gasteiger partial charge in [0.15, 0.2) is 0 Å². The second-order valence-corrected chi connectivity index (χ2v) is 5.12. The molecule has 0 spiro atoms. The van der Waals surface area contributed by atoms with Crippen molar-refractivity contribution in [3.63, 3.8) is 0 Å². The fourth-order valence-corrected chi connectivity index (χ4v) is 2.41. The summed E-state index contributed by atoms with van der Waals surface area (Å²) in [6, 6.07) is 9.11. The zero-order valence-corrected chi connectivity index (χ0v) is 11.7. The van der Waals surface area contributed by atoms with Crippen LogP contribution < -0.4 is 5.32 Å². The van der Waals surface area contributed by atoms with Crippen molar-refractivity contribution in [2.24, 2.45) is 0 Å². The van der Waals surface area contributed by atoms with Crippen LogP contribution in [0.4, 0.5) is 5.69 Å². The Morgan fingerprint density at radius 1 is 1.38 bits per heavy atom.